The number of Topliss-reactive ketones (excluding diaryl/α,β-unsaturated/α-hetero) is 2. The third-order valence-corrected chi connectivity index (χ3v) is 6.04. The summed E-state index contributed by atoms with van der Waals surface area (Å²) >= 11 is 0. The smallest absolute Gasteiger partial charge is 0.272 e. The van der Waals surface area contributed by atoms with Crippen molar-refractivity contribution in [1.82, 2.24) is 14.3 Å². The van der Waals surface area contributed by atoms with Crippen molar-refractivity contribution >= 4 is 28.8 Å². The predicted molar refractivity (Wildman–Crippen MR) is 126 cm³/mol. The van der Waals surface area contributed by atoms with Crippen LogP contribution >= 0.6 is 0 Å². The van der Waals surface area contributed by atoms with E-state index in [0.29, 0.717) is 11.3 Å². The molecule has 0 aliphatic heterocycles. The van der Waals surface area contributed by atoms with Crippen LogP contribution in [0.1, 0.15) is 57.9 Å². The molecule has 34 heavy (non-hydrogen) atoms. The van der Waals surface area contributed by atoms with Gasteiger partial charge >= 0.3 is 0 Å². The SMILES string of the molecule is [C-]#[N+]c1cc(NC(=O)c2c(C)c(C(=O)C(=O)CC(C)(C)c3cnn(C)c3)c(C)n2C)ccc1F. The highest BCUT2D eigenvalue weighted by molar-refractivity contribution is 6.44. The van der Waals surface area contributed by atoms with Crippen LogP contribution in [0.3, 0.4) is 0 Å². The van der Waals surface area contributed by atoms with Gasteiger partial charge in [-0.1, -0.05) is 13.8 Å². The Hall–Kier alpha value is -4.06. The molecule has 0 unspecified atom stereocenters. The minimum absolute atomic E-state index is 0.0121. The highest BCUT2D eigenvalue weighted by Gasteiger charge is 2.33. The second-order valence-corrected chi connectivity index (χ2v) is 8.94. The Morgan fingerprint density at radius 1 is 1.21 bits per heavy atom. The first-order valence-electron chi connectivity index (χ1n) is 10.6. The fourth-order valence-electron chi connectivity index (χ4n) is 3.99. The quantitative estimate of drug-likeness (QED) is 0.319. The number of hydrogen-bond donors (Lipinski definition) is 1. The molecule has 0 aliphatic rings. The third-order valence-electron chi connectivity index (χ3n) is 6.04. The lowest BCUT2D eigenvalue weighted by molar-refractivity contribution is -0.116. The molecular formula is C25H26FN5O3. The van der Waals surface area contributed by atoms with Gasteiger partial charge in [-0.2, -0.15) is 5.10 Å². The predicted octanol–water partition coefficient (Wildman–Crippen LogP) is 4.44. The topological polar surface area (TPSA) is 90.3 Å². The molecule has 1 amide bonds. The van der Waals surface area contributed by atoms with E-state index in [2.05, 4.69) is 15.3 Å². The number of carbonyl (C=O) groups excluding carboxylic acids is 3. The number of anilines is 1. The highest BCUT2D eigenvalue weighted by atomic mass is 19.1. The second kappa shape index (κ2) is 9.06. The molecule has 9 heteroatoms. The minimum Gasteiger partial charge on any atom is -0.343 e. The fourth-order valence-corrected chi connectivity index (χ4v) is 3.99. The van der Waals surface area contributed by atoms with Crippen LogP contribution in [-0.4, -0.2) is 31.8 Å². The Morgan fingerprint density at radius 2 is 1.88 bits per heavy atom. The standard InChI is InChI=1S/C25H26FN5O3/c1-14-21(23(33)20(32)11-25(3,4)16-12-28-30(6)13-16)15(2)31(7)22(14)24(34)29-17-8-9-18(26)19(10-17)27-5/h8-10,12-13H,11H2,1-4,6-7H3,(H,29,34). The molecule has 1 aromatic carbocycles. The molecule has 0 fully saturated rings. The second-order valence-electron chi connectivity index (χ2n) is 8.94. The van der Waals surface area contributed by atoms with Crippen molar-refractivity contribution in [3.8, 4) is 0 Å². The molecule has 176 valence electrons. The molecule has 1 N–H and O–H groups in total. The molecule has 0 radical (unpaired) electrons. The Bertz CT molecular complexity index is 1360. The number of amides is 1. The molecule has 3 rings (SSSR count). The van der Waals surface area contributed by atoms with Gasteiger partial charge < -0.3 is 9.88 Å². The summed E-state index contributed by atoms with van der Waals surface area (Å²) in [6, 6.07) is 3.69. The lowest BCUT2D eigenvalue weighted by Crippen LogP contribution is -2.27. The van der Waals surface area contributed by atoms with Crippen molar-refractivity contribution in [3.05, 3.63) is 75.9 Å². The van der Waals surface area contributed by atoms with Gasteiger partial charge in [0, 0.05) is 43.5 Å². The molecule has 0 aliphatic carbocycles. The number of nitrogens with zero attached hydrogens (tertiary/aromatic N) is 4. The van der Waals surface area contributed by atoms with Gasteiger partial charge in [-0.3, -0.25) is 19.1 Å². The maximum absolute atomic E-state index is 13.6. The molecule has 0 saturated carbocycles. The Balaban J connectivity index is 1.88. The fraction of sp³-hybridized carbons (Fsp3) is 0.320. The Morgan fingerprint density at radius 3 is 2.47 bits per heavy atom. The van der Waals surface area contributed by atoms with E-state index >= 15 is 0 Å². The zero-order valence-electron chi connectivity index (χ0n) is 20.0. The van der Waals surface area contributed by atoms with Crippen LogP contribution in [0, 0.1) is 26.2 Å². The number of nitrogens with one attached hydrogen (secondary N) is 1. The maximum Gasteiger partial charge on any atom is 0.272 e. The molecule has 8 nitrogen and oxygen atoms in total. The summed E-state index contributed by atoms with van der Waals surface area (Å²) in [6.07, 6.45) is 3.48. The Kier molecular flexibility index (Phi) is 6.55. The van der Waals surface area contributed by atoms with Gasteiger partial charge in [0.1, 0.15) is 11.5 Å². The van der Waals surface area contributed by atoms with Gasteiger partial charge in [0.2, 0.25) is 17.3 Å². The van der Waals surface area contributed by atoms with Crippen molar-refractivity contribution in [2.24, 2.45) is 14.1 Å². The van der Waals surface area contributed by atoms with Crippen molar-refractivity contribution in [1.29, 1.82) is 0 Å². The first-order chi connectivity index (χ1) is 15.9. The van der Waals surface area contributed by atoms with Gasteiger partial charge in [0.15, 0.2) is 0 Å². The molecule has 2 heterocycles. The van der Waals surface area contributed by atoms with Crippen molar-refractivity contribution in [3.63, 3.8) is 0 Å². The summed E-state index contributed by atoms with van der Waals surface area (Å²) in [7, 11) is 3.41. The van der Waals surface area contributed by atoms with Gasteiger partial charge in [0.05, 0.1) is 18.3 Å². The number of rotatable bonds is 7. The number of carbonyl (C=O) groups is 3. The van der Waals surface area contributed by atoms with Crippen LogP contribution < -0.4 is 5.32 Å². The molecule has 0 atom stereocenters. The number of halogens is 1. The van der Waals surface area contributed by atoms with Gasteiger partial charge in [0.25, 0.3) is 5.91 Å². The van der Waals surface area contributed by atoms with Crippen LogP contribution in [0.25, 0.3) is 4.85 Å². The minimum atomic E-state index is -0.681. The first kappa shape index (κ1) is 24.6. The molecule has 0 saturated heterocycles. The molecule has 3 aromatic rings. The molecule has 0 spiro atoms. The monoisotopic (exact) mass is 463 g/mol. The molecular weight excluding hydrogens is 437 g/mol. The number of ketones is 2. The van der Waals surface area contributed by atoms with E-state index in [4.69, 9.17) is 6.57 Å². The first-order valence-corrected chi connectivity index (χ1v) is 10.6. The van der Waals surface area contributed by atoms with E-state index in [9.17, 15) is 18.8 Å². The number of aromatic nitrogens is 3. The molecule has 2 aromatic heterocycles. The zero-order valence-corrected chi connectivity index (χ0v) is 20.0. The van der Waals surface area contributed by atoms with E-state index in [0.717, 1.165) is 11.6 Å². The van der Waals surface area contributed by atoms with Crippen LogP contribution in [0.5, 0.6) is 0 Å². The largest absolute Gasteiger partial charge is 0.343 e. The average Bonchev–Trinajstić information content (AvgIpc) is 3.30. The van der Waals surface area contributed by atoms with Crippen LogP contribution in [-0.2, 0) is 24.3 Å². The molecule has 0 bridgehead atoms. The van der Waals surface area contributed by atoms with Crippen molar-refractivity contribution in [2.45, 2.75) is 39.5 Å². The maximum atomic E-state index is 13.6. The Labute approximate surface area is 197 Å². The van der Waals surface area contributed by atoms with E-state index in [1.807, 2.05) is 20.0 Å². The lowest BCUT2D eigenvalue weighted by atomic mass is 9.80. The van der Waals surface area contributed by atoms with E-state index < -0.39 is 28.7 Å². The number of benzene rings is 1. The zero-order chi connectivity index (χ0) is 25.4. The van der Waals surface area contributed by atoms with E-state index in [1.54, 1.807) is 43.4 Å². The van der Waals surface area contributed by atoms with E-state index in [-0.39, 0.29) is 29.1 Å². The van der Waals surface area contributed by atoms with Crippen molar-refractivity contribution < 1.29 is 18.8 Å². The van der Waals surface area contributed by atoms with Gasteiger partial charge in [-0.15, -0.1) is 0 Å². The van der Waals surface area contributed by atoms with Crippen LogP contribution in [0.4, 0.5) is 15.8 Å². The summed E-state index contributed by atoms with van der Waals surface area (Å²) in [6.45, 7) is 14.1. The van der Waals surface area contributed by atoms with E-state index in [1.165, 1.54) is 12.1 Å². The number of aryl methyl sites for hydroxylation is 1. The van der Waals surface area contributed by atoms with Crippen molar-refractivity contribution in [2.75, 3.05) is 5.32 Å². The van der Waals surface area contributed by atoms with Crippen LogP contribution in [0.2, 0.25) is 0 Å². The highest BCUT2D eigenvalue weighted by Crippen LogP contribution is 2.30. The number of hydrogen-bond acceptors (Lipinski definition) is 4. The summed E-state index contributed by atoms with van der Waals surface area (Å²) in [5.74, 6) is -2.43. The van der Waals surface area contributed by atoms with Crippen LogP contribution in [0.15, 0.2) is 30.6 Å². The average molecular weight is 464 g/mol. The summed E-state index contributed by atoms with van der Waals surface area (Å²) < 4.78 is 16.8. The normalized spacial score (nSPS) is 11.2. The van der Waals surface area contributed by atoms with Gasteiger partial charge in [-0.05, 0) is 43.2 Å². The lowest BCUT2D eigenvalue weighted by Gasteiger charge is -2.21. The summed E-state index contributed by atoms with van der Waals surface area (Å²) in [5, 5.41) is 6.78. The summed E-state index contributed by atoms with van der Waals surface area (Å²) in [5.41, 5.74) is 1.54. The third kappa shape index (κ3) is 4.53. The van der Waals surface area contributed by atoms with Gasteiger partial charge in [-0.25, -0.2) is 9.24 Å². The summed E-state index contributed by atoms with van der Waals surface area (Å²) in [4.78, 5) is 42.3.